The van der Waals surface area contributed by atoms with Gasteiger partial charge in [0.2, 0.25) is 0 Å². The SMILES string of the molecule is COc1ccc(Br)c(CNC(CCl)C(C)C)c1. The van der Waals surface area contributed by atoms with Crippen molar-refractivity contribution in [3.05, 3.63) is 28.2 Å². The van der Waals surface area contributed by atoms with Gasteiger partial charge in [0.1, 0.15) is 5.75 Å². The lowest BCUT2D eigenvalue weighted by atomic mass is 10.1. The van der Waals surface area contributed by atoms with Crippen LogP contribution in [0.1, 0.15) is 19.4 Å². The molecule has 0 saturated heterocycles. The molecule has 0 aliphatic heterocycles. The van der Waals surface area contributed by atoms with Gasteiger partial charge in [0, 0.05) is 22.9 Å². The number of rotatable bonds is 6. The van der Waals surface area contributed by atoms with E-state index in [2.05, 4.69) is 35.1 Å². The van der Waals surface area contributed by atoms with Crippen molar-refractivity contribution < 1.29 is 4.74 Å². The number of ether oxygens (including phenoxy) is 1. The zero-order valence-electron chi connectivity index (χ0n) is 10.5. The largest absolute Gasteiger partial charge is 0.497 e. The summed E-state index contributed by atoms with van der Waals surface area (Å²) in [5.41, 5.74) is 1.18. The second-order valence-corrected chi connectivity index (χ2v) is 5.51. The van der Waals surface area contributed by atoms with Crippen LogP contribution in [0.25, 0.3) is 0 Å². The molecule has 96 valence electrons. The summed E-state index contributed by atoms with van der Waals surface area (Å²) < 4.78 is 6.30. The zero-order chi connectivity index (χ0) is 12.8. The summed E-state index contributed by atoms with van der Waals surface area (Å²) in [4.78, 5) is 0. The average molecular weight is 321 g/mol. The molecule has 0 aromatic heterocycles. The van der Waals surface area contributed by atoms with Gasteiger partial charge in [0.25, 0.3) is 0 Å². The van der Waals surface area contributed by atoms with E-state index in [9.17, 15) is 0 Å². The second-order valence-electron chi connectivity index (χ2n) is 4.34. The van der Waals surface area contributed by atoms with Gasteiger partial charge in [-0.05, 0) is 29.7 Å². The molecule has 0 bridgehead atoms. The van der Waals surface area contributed by atoms with Crippen LogP contribution in [0.2, 0.25) is 0 Å². The van der Waals surface area contributed by atoms with E-state index in [1.165, 1.54) is 5.56 Å². The molecular formula is C13H19BrClNO. The summed E-state index contributed by atoms with van der Waals surface area (Å²) in [7, 11) is 1.68. The van der Waals surface area contributed by atoms with Gasteiger partial charge >= 0.3 is 0 Å². The molecule has 0 aliphatic rings. The van der Waals surface area contributed by atoms with Crippen molar-refractivity contribution in [1.29, 1.82) is 0 Å². The predicted octanol–water partition coefficient (Wildman–Crippen LogP) is 3.81. The molecule has 1 unspecified atom stereocenters. The summed E-state index contributed by atoms with van der Waals surface area (Å²) in [6.07, 6.45) is 0. The smallest absolute Gasteiger partial charge is 0.119 e. The third-order valence-corrected chi connectivity index (χ3v) is 3.88. The number of benzene rings is 1. The van der Waals surface area contributed by atoms with Gasteiger partial charge in [-0.15, -0.1) is 11.6 Å². The molecule has 0 heterocycles. The van der Waals surface area contributed by atoms with E-state index in [0.29, 0.717) is 17.8 Å². The highest BCUT2D eigenvalue weighted by Gasteiger charge is 2.12. The number of nitrogens with one attached hydrogen (secondary N) is 1. The Morgan fingerprint density at radius 1 is 1.41 bits per heavy atom. The Bertz CT molecular complexity index is 357. The van der Waals surface area contributed by atoms with Crippen LogP contribution >= 0.6 is 27.5 Å². The van der Waals surface area contributed by atoms with Crippen molar-refractivity contribution in [3.63, 3.8) is 0 Å². The first kappa shape index (κ1) is 14.8. The average Bonchev–Trinajstić information content (AvgIpc) is 2.31. The third-order valence-electron chi connectivity index (χ3n) is 2.78. The second kappa shape index (κ2) is 7.24. The van der Waals surface area contributed by atoms with Gasteiger partial charge in [0.15, 0.2) is 0 Å². The summed E-state index contributed by atoms with van der Waals surface area (Å²) in [5, 5.41) is 3.46. The van der Waals surface area contributed by atoms with Gasteiger partial charge in [-0.1, -0.05) is 29.8 Å². The summed E-state index contributed by atoms with van der Waals surface area (Å²) >= 11 is 9.47. The van der Waals surface area contributed by atoms with E-state index in [0.717, 1.165) is 16.8 Å². The van der Waals surface area contributed by atoms with E-state index < -0.39 is 0 Å². The lowest BCUT2D eigenvalue weighted by molar-refractivity contribution is 0.411. The van der Waals surface area contributed by atoms with Crippen molar-refractivity contribution in [3.8, 4) is 5.75 Å². The van der Waals surface area contributed by atoms with Crippen molar-refractivity contribution >= 4 is 27.5 Å². The maximum absolute atomic E-state index is 5.93. The third kappa shape index (κ3) is 4.49. The first-order chi connectivity index (χ1) is 8.08. The fraction of sp³-hybridized carbons (Fsp3) is 0.538. The molecule has 17 heavy (non-hydrogen) atoms. The molecule has 0 saturated carbocycles. The predicted molar refractivity (Wildman–Crippen MR) is 76.9 cm³/mol. The minimum absolute atomic E-state index is 0.328. The molecule has 4 heteroatoms. The van der Waals surface area contributed by atoms with E-state index in [4.69, 9.17) is 16.3 Å². The fourth-order valence-electron chi connectivity index (χ4n) is 1.52. The molecule has 0 spiro atoms. The minimum Gasteiger partial charge on any atom is -0.497 e. The molecule has 0 radical (unpaired) electrons. The number of hydrogen-bond acceptors (Lipinski definition) is 2. The van der Waals surface area contributed by atoms with Gasteiger partial charge in [-0.3, -0.25) is 0 Å². The van der Waals surface area contributed by atoms with Crippen molar-refractivity contribution in [2.75, 3.05) is 13.0 Å². The highest BCUT2D eigenvalue weighted by molar-refractivity contribution is 9.10. The van der Waals surface area contributed by atoms with Gasteiger partial charge in [0.05, 0.1) is 7.11 Å². The molecule has 1 aromatic rings. The number of hydrogen-bond donors (Lipinski definition) is 1. The van der Waals surface area contributed by atoms with E-state index in [1.807, 2.05) is 18.2 Å². The normalized spacial score (nSPS) is 12.8. The van der Waals surface area contributed by atoms with Crippen LogP contribution in [-0.4, -0.2) is 19.0 Å². The first-order valence-electron chi connectivity index (χ1n) is 5.70. The van der Waals surface area contributed by atoms with E-state index in [-0.39, 0.29) is 0 Å². The molecule has 1 rings (SSSR count). The molecule has 1 atom stereocenters. The maximum atomic E-state index is 5.93. The molecule has 0 aliphatic carbocycles. The van der Waals surface area contributed by atoms with Crippen molar-refractivity contribution in [2.24, 2.45) is 5.92 Å². The Hall–Kier alpha value is -0.250. The molecule has 1 aromatic carbocycles. The Morgan fingerprint density at radius 3 is 2.65 bits per heavy atom. The van der Waals surface area contributed by atoms with Gasteiger partial charge in [-0.2, -0.15) is 0 Å². The molecule has 0 fully saturated rings. The summed E-state index contributed by atoms with van der Waals surface area (Å²) in [5.74, 6) is 2.02. The van der Waals surface area contributed by atoms with E-state index >= 15 is 0 Å². The van der Waals surface area contributed by atoms with E-state index in [1.54, 1.807) is 7.11 Å². The van der Waals surface area contributed by atoms with Crippen LogP contribution in [0.3, 0.4) is 0 Å². The number of methoxy groups -OCH3 is 1. The lowest BCUT2D eigenvalue weighted by Gasteiger charge is -2.20. The Balaban J connectivity index is 2.67. The molecule has 1 N–H and O–H groups in total. The topological polar surface area (TPSA) is 21.3 Å². The number of halogens is 2. The summed E-state index contributed by atoms with van der Waals surface area (Å²) in [6.45, 7) is 5.12. The van der Waals surface area contributed by atoms with Crippen LogP contribution in [0.5, 0.6) is 5.75 Å². The zero-order valence-corrected chi connectivity index (χ0v) is 12.8. The van der Waals surface area contributed by atoms with Crippen molar-refractivity contribution in [1.82, 2.24) is 5.32 Å². The van der Waals surface area contributed by atoms with Crippen LogP contribution in [0.15, 0.2) is 22.7 Å². The Kier molecular flexibility index (Phi) is 6.31. The molecular weight excluding hydrogens is 302 g/mol. The van der Waals surface area contributed by atoms with Crippen LogP contribution in [0, 0.1) is 5.92 Å². The molecule has 2 nitrogen and oxygen atoms in total. The first-order valence-corrected chi connectivity index (χ1v) is 7.03. The minimum atomic E-state index is 0.328. The highest BCUT2D eigenvalue weighted by atomic mass is 79.9. The van der Waals surface area contributed by atoms with Crippen molar-refractivity contribution in [2.45, 2.75) is 26.4 Å². The fourth-order valence-corrected chi connectivity index (χ4v) is 2.38. The molecule has 0 amide bonds. The van der Waals surface area contributed by atoms with Crippen LogP contribution in [-0.2, 0) is 6.54 Å². The lowest BCUT2D eigenvalue weighted by Crippen LogP contribution is -2.34. The maximum Gasteiger partial charge on any atom is 0.119 e. The van der Waals surface area contributed by atoms with Crippen LogP contribution in [0.4, 0.5) is 0 Å². The van der Waals surface area contributed by atoms with Crippen LogP contribution < -0.4 is 10.1 Å². The van der Waals surface area contributed by atoms with Gasteiger partial charge in [-0.25, -0.2) is 0 Å². The summed E-state index contributed by atoms with van der Waals surface area (Å²) in [6, 6.07) is 6.30. The Morgan fingerprint density at radius 2 is 2.12 bits per heavy atom. The Labute approximate surface area is 117 Å². The standard InChI is InChI=1S/C13H19BrClNO/c1-9(2)13(7-15)16-8-10-6-11(17-3)4-5-12(10)14/h4-6,9,13,16H,7-8H2,1-3H3. The quantitative estimate of drug-likeness (QED) is 0.805. The number of alkyl halides is 1. The highest BCUT2D eigenvalue weighted by Crippen LogP contribution is 2.22. The van der Waals surface area contributed by atoms with Gasteiger partial charge < -0.3 is 10.1 Å². The monoisotopic (exact) mass is 319 g/mol.